The zero-order valence-corrected chi connectivity index (χ0v) is 25.2. The molecule has 0 radical (unpaired) electrons. The molecule has 1 saturated heterocycles. The number of hydrogen-bond acceptors (Lipinski definition) is 6. The van der Waals surface area contributed by atoms with Crippen LogP contribution in [0.15, 0.2) is 121 Å². The summed E-state index contributed by atoms with van der Waals surface area (Å²) in [6.45, 7) is 1.87. The van der Waals surface area contributed by atoms with Crippen molar-refractivity contribution in [1.29, 1.82) is 0 Å². The number of halogens is 2. The number of anilines is 1. The topological polar surface area (TPSA) is 76.0 Å². The molecule has 0 saturated carbocycles. The fourth-order valence-corrected chi connectivity index (χ4v) is 7.16. The Labute approximate surface area is 247 Å². The average molecular weight is 684 g/mol. The van der Waals surface area contributed by atoms with E-state index in [9.17, 15) is 13.2 Å². The maximum atomic E-state index is 13.7. The van der Waals surface area contributed by atoms with Gasteiger partial charge in [-0.3, -0.25) is 9.69 Å². The monoisotopic (exact) mass is 682 g/mol. The van der Waals surface area contributed by atoms with Crippen LogP contribution in [0.1, 0.15) is 11.1 Å². The molecule has 4 aromatic rings. The van der Waals surface area contributed by atoms with Gasteiger partial charge in [0.05, 0.1) is 20.8 Å². The lowest BCUT2D eigenvalue weighted by Crippen LogP contribution is -2.28. The molecule has 39 heavy (non-hydrogen) atoms. The lowest BCUT2D eigenvalue weighted by atomic mass is 10.2. The van der Waals surface area contributed by atoms with Crippen LogP contribution in [0.3, 0.4) is 0 Å². The van der Waals surface area contributed by atoms with Crippen molar-refractivity contribution in [3.63, 3.8) is 0 Å². The molecule has 4 aromatic carbocycles. The minimum atomic E-state index is -4.14. The first-order chi connectivity index (χ1) is 18.7. The van der Waals surface area contributed by atoms with Crippen molar-refractivity contribution < 1.29 is 17.4 Å². The highest BCUT2D eigenvalue weighted by atomic mass is 79.9. The van der Waals surface area contributed by atoms with E-state index in [1.54, 1.807) is 35.2 Å². The number of aliphatic imine (C=N–C) groups is 1. The number of amidine groups is 1. The van der Waals surface area contributed by atoms with E-state index in [2.05, 4.69) is 31.9 Å². The first-order valence-corrected chi connectivity index (χ1v) is 15.5. The summed E-state index contributed by atoms with van der Waals surface area (Å²) in [4.78, 5) is 20.4. The highest BCUT2D eigenvalue weighted by Gasteiger charge is 2.35. The molecule has 1 amide bonds. The van der Waals surface area contributed by atoms with Crippen molar-refractivity contribution in [2.24, 2.45) is 4.99 Å². The molecular weight excluding hydrogens is 664 g/mol. The third kappa shape index (κ3) is 6.19. The third-order valence-corrected chi connectivity index (χ3v) is 8.88. The number of rotatable bonds is 6. The van der Waals surface area contributed by atoms with Crippen LogP contribution in [0.4, 0.5) is 11.4 Å². The number of aryl methyl sites for hydroxylation is 1. The molecule has 0 aromatic heterocycles. The van der Waals surface area contributed by atoms with Crippen LogP contribution in [-0.4, -0.2) is 19.5 Å². The second-order valence-electron chi connectivity index (χ2n) is 8.47. The van der Waals surface area contributed by atoms with Gasteiger partial charge < -0.3 is 4.18 Å². The standard InChI is InChI=1S/C29H20Br2N2O4S2/c1-19-12-14-24(15-13-19)39(35,36)37-27-20(16-21(30)18-25(27)31)17-26-28(34)33(23-10-6-3-7-11-23)29(38-26)32-22-8-4-2-5-9-22/h2-18H,1H3/b26-17+,32-29?. The number of carbonyl (C=O) groups is 1. The van der Waals surface area contributed by atoms with E-state index in [-0.39, 0.29) is 16.6 Å². The summed E-state index contributed by atoms with van der Waals surface area (Å²) < 4.78 is 32.9. The van der Waals surface area contributed by atoms with E-state index in [0.29, 0.717) is 36.0 Å². The van der Waals surface area contributed by atoms with Gasteiger partial charge in [0.2, 0.25) is 0 Å². The van der Waals surface area contributed by atoms with E-state index in [0.717, 1.165) is 5.56 Å². The zero-order valence-electron chi connectivity index (χ0n) is 20.4. The maximum Gasteiger partial charge on any atom is 0.339 e. The van der Waals surface area contributed by atoms with Gasteiger partial charge in [-0.25, -0.2) is 4.99 Å². The Bertz CT molecular complexity index is 1710. The molecule has 0 bridgehead atoms. The lowest BCUT2D eigenvalue weighted by Gasteiger charge is -2.15. The van der Waals surface area contributed by atoms with Gasteiger partial charge >= 0.3 is 10.1 Å². The van der Waals surface area contributed by atoms with E-state index in [1.807, 2.05) is 67.6 Å². The summed E-state index contributed by atoms with van der Waals surface area (Å²) in [6.07, 6.45) is 1.62. The van der Waals surface area contributed by atoms with E-state index >= 15 is 0 Å². The minimum Gasteiger partial charge on any atom is -0.377 e. The van der Waals surface area contributed by atoms with Gasteiger partial charge in [0, 0.05) is 10.0 Å². The normalized spacial score (nSPS) is 15.8. The summed E-state index contributed by atoms with van der Waals surface area (Å²) in [5.74, 6) is -0.219. The predicted octanol–water partition coefficient (Wildman–Crippen LogP) is 8.10. The fourth-order valence-electron chi connectivity index (χ4n) is 3.75. The molecule has 5 rings (SSSR count). The summed E-state index contributed by atoms with van der Waals surface area (Å²) >= 11 is 8.09. The highest BCUT2D eigenvalue weighted by Crippen LogP contribution is 2.41. The van der Waals surface area contributed by atoms with Crippen molar-refractivity contribution >= 4 is 82.3 Å². The van der Waals surface area contributed by atoms with Gasteiger partial charge in [0.1, 0.15) is 4.90 Å². The van der Waals surface area contributed by atoms with Crippen LogP contribution in [-0.2, 0) is 14.9 Å². The van der Waals surface area contributed by atoms with Gasteiger partial charge in [-0.15, -0.1) is 0 Å². The maximum absolute atomic E-state index is 13.7. The Morgan fingerprint density at radius 1 is 0.897 bits per heavy atom. The number of para-hydroxylation sites is 2. The predicted molar refractivity (Wildman–Crippen MR) is 164 cm³/mol. The first kappa shape index (κ1) is 27.4. The zero-order chi connectivity index (χ0) is 27.6. The van der Waals surface area contributed by atoms with Gasteiger partial charge in [-0.2, -0.15) is 8.42 Å². The van der Waals surface area contributed by atoms with Gasteiger partial charge in [0.15, 0.2) is 10.9 Å². The number of hydrogen-bond donors (Lipinski definition) is 0. The summed E-state index contributed by atoms with van der Waals surface area (Å²) in [7, 11) is -4.14. The fraction of sp³-hybridized carbons (Fsp3) is 0.0345. The highest BCUT2D eigenvalue weighted by molar-refractivity contribution is 9.11. The molecule has 0 spiro atoms. The van der Waals surface area contributed by atoms with Crippen LogP contribution in [0.5, 0.6) is 5.75 Å². The van der Waals surface area contributed by atoms with Crippen LogP contribution >= 0.6 is 43.6 Å². The van der Waals surface area contributed by atoms with Gasteiger partial charge in [0.25, 0.3) is 5.91 Å². The SMILES string of the molecule is Cc1ccc(S(=O)(=O)Oc2c(Br)cc(Br)cc2/C=C2/SC(=Nc3ccccc3)N(c3ccccc3)C2=O)cc1. The Balaban J connectivity index is 1.58. The number of nitrogens with zero attached hydrogens (tertiary/aromatic N) is 2. The molecule has 10 heteroatoms. The Hall–Kier alpha value is -3.18. The van der Waals surface area contributed by atoms with E-state index < -0.39 is 10.1 Å². The minimum absolute atomic E-state index is 0.0281. The molecule has 1 aliphatic rings. The van der Waals surface area contributed by atoms with E-state index in [1.165, 1.54) is 23.9 Å². The molecule has 0 N–H and O–H groups in total. The Morgan fingerprint density at radius 3 is 2.21 bits per heavy atom. The summed E-state index contributed by atoms with van der Waals surface area (Å²) in [5.41, 5.74) is 2.70. The van der Waals surface area contributed by atoms with Gasteiger partial charge in [-0.05, 0) is 89.2 Å². The molecule has 6 nitrogen and oxygen atoms in total. The molecule has 0 unspecified atom stereocenters. The molecule has 196 valence electrons. The van der Waals surface area contributed by atoms with Crippen LogP contribution in [0, 0.1) is 6.92 Å². The van der Waals surface area contributed by atoms with Gasteiger partial charge in [-0.1, -0.05) is 70.0 Å². The summed E-state index contributed by atoms with van der Waals surface area (Å²) in [5, 5.41) is 0.479. The van der Waals surface area contributed by atoms with Crippen LogP contribution in [0.2, 0.25) is 0 Å². The Kier molecular flexibility index (Phi) is 8.08. The number of carbonyl (C=O) groups excluding carboxylic acids is 1. The number of amides is 1. The molecule has 1 fully saturated rings. The Morgan fingerprint density at radius 2 is 1.54 bits per heavy atom. The number of thioether (sulfide) groups is 1. The molecule has 1 heterocycles. The molecule has 0 aliphatic carbocycles. The van der Waals surface area contributed by atoms with Crippen molar-refractivity contribution in [2.75, 3.05) is 4.90 Å². The van der Waals surface area contributed by atoms with Crippen molar-refractivity contribution in [1.82, 2.24) is 0 Å². The number of benzene rings is 4. The van der Waals surface area contributed by atoms with Crippen molar-refractivity contribution in [3.8, 4) is 5.75 Å². The van der Waals surface area contributed by atoms with E-state index in [4.69, 9.17) is 9.18 Å². The second-order valence-corrected chi connectivity index (χ2v) is 12.8. The third-order valence-electron chi connectivity index (χ3n) is 5.63. The quantitative estimate of drug-likeness (QED) is 0.152. The first-order valence-electron chi connectivity index (χ1n) is 11.6. The van der Waals surface area contributed by atoms with Crippen LogP contribution < -0.4 is 9.08 Å². The molecular formula is C29H20Br2N2O4S2. The van der Waals surface area contributed by atoms with Crippen molar-refractivity contribution in [2.45, 2.75) is 11.8 Å². The van der Waals surface area contributed by atoms with Crippen LogP contribution in [0.25, 0.3) is 6.08 Å². The molecule has 1 aliphatic heterocycles. The average Bonchev–Trinajstić information content (AvgIpc) is 3.21. The lowest BCUT2D eigenvalue weighted by molar-refractivity contribution is -0.113. The smallest absolute Gasteiger partial charge is 0.339 e. The van der Waals surface area contributed by atoms with Crippen molar-refractivity contribution in [3.05, 3.63) is 122 Å². The second kappa shape index (κ2) is 11.5. The largest absolute Gasteiger partial charge is 0.377 e. The molecule has 0 atom stereocenters. The summed E-state index contributed by atoms with van der Waals surface area (Å²) in [6, 6.07) is 28.4.